The lowest BCUT2D eigenvalue weighted by Crippen LogP contribution is -2.15. The highest BCUT2D eigenvalue weighted by molar-refractivity contribution is 6.31. The summed E-state index contributed by atoms with van der Waals surface area (Å²) in [5.41, 5.74) is 1.88. The van der Waals surface area contributed by atoms with Crippen LogP contribution in [0, 0.1) is 6.92 Å². The molecule has 0 bridgehead atoms. The fraction of sp³-hybridized carbons (Fsp3) is 0.200. The summed E-state index contributed by atoms with van der Waals surface area (Å²) in [5, 5.41) is 7.32. The van der Waals surface area contributed by atoms with E-state index >= 15 is 0 Å². The van der Waals surface area contributed by atoms with Crippen molar-refractivity contribution in [1.82, 2.24) is 9.97 Å². The molecular formula is C20H19ClN4O2. The first kappa shape index (κ1) is 17.4. The number of aromatic nitrogens is 2. The molecule has 0 radical (unpaired) electrons. The Morgan fingerprint density at radius 1 is 0.963 bits per heavy atom. The Balaban J connectivity index is 1.50. The highest BCUT2D eigenvalue weighted by Crippen LogP contribution is 2.33. The fourth-order valence-corrected chi connectivity index (χ4v) is 3.02. The van der Waals surface area contributed by atoms with Crippen molar-refractivity contribution in [3.05, 3.63) is 64.9 Å². The van der Waals surface area contributed by atoms with Gasteiger partial charge in [-0.2, -0.15) is 0 Å². The first-order valence-electron chi connectivity index (χ1n) is 8.67. The minimum Gasteiger partial charge on any atom is -0.486 e. The summed E-state index contributed by atoms with van der Waals surface area (Å²) < 4.78 is 11.2. The summed E-state index contributed by atoms with van der Waals surface area (Å²) >= 11 is 6.21. The molecule has 2 aromatic carbocycles. The molecule has 4 rings (SSSR count). The van der Waals surface area contributed by atoms with Crippen LogP contribution < -0.4 is 20.1 Å². The number of ether oxygens (including phenoxy) is 2. The summed E-state index contributed by atoms with van der Waals surface area (Å²) in [6.45, 7) is 3.57. The average Bonchev–Trinajstić information content (AvgIpc) is 2.67. The van der Waals surface area contributed by atoms with Crippen LogP contribution in [0.4, 0.5) is 17.3 Å². The van der Waals surface area contributed by atoms with Crippen LogP contribution in [-0.4, -0.2) is 23.2 Å². The van der Waals surface area contributed by atoms with E-state index in [2.05, 4.69) is 20.6 Å². The van der Waals surface area contributed by atoms with E-state index in [0.717, 1.165) is 33.6 Å². The van der Waals surface area contributed by atoms with Crippen LogP contribution >= 0.6 is 11.6 Å². The average molecular weight is 383 g/mol. The van der Waals surface area contributed by atoms with Crippen molar-refractivity contribution in [2.24, 2.45) is 0 Å². The van der Waals surface area contributed by atoms with Gasteiger partial charge >= 0.3 is 0 Å². The molecule has 6 nitrogen and oxygen atoms in total. The molecule has 0 fully saturated rings. The number of halogens is 1. The third-order valence-corrected chi connectivity index (χ3v) is 4.44. The molecule has 0 saturated carbocycles. The van der Waals surface area contributed by atoms with E-state index in [4.69, 9.17) is 21.1 Å². The zero-order valence-corrected chi connectivity index (χ0v) is 15.6. The Kier molecular flexibility index (Phi) is 4.98. The molecule has 0 amide bonds. The first-order valence-corrected chi connectivity index (χ1v) is 9.05. The van der Waals surface area contributed by atoms with Crippen LogP contribution in [0.1, 0.15) is 11.4 Å². The normalized spacial score (nSPS) is 12.5. The van der Waals surface area contributed by atoms with Crippen molar-refractivity contribution in [3.8, 4) is 11.5 Å². The number of hydrogen-bond donors (Lipinski definition) is 2. The predicted octanol–water partition coefficient (Wildman–Crippen LogP) is 4.57. The molecule has 1 aromatic heterocycles. The van der Waals surface area contributed by atoms with Gasteiger partial charge in [0.05, 0.1) is 0 Å². The lowest BCUT2D eigenvalue weighted by Gasteiger charge is -2.19. The highest BCUT2D eigenvalue weighted by atomic mass is 35.5. The number of nitrogens with zero attached hydrogens (tertiary/aromatic N) is 2. The Bertz CT molecular complexity index is 964. The Labute approximate surface area is 162 Å². The lowest BCUT2D eigenvalue weighted by molar-refractivity contribution is 0.171. The van der Waals surface area contributed by atoms with Gasteiger partial charge < -0.3 is 20.1 Å². The SMILES string of the molecule is Cc1nc(NCc2ccccc2Cl)cc(Nc2ccc3c(c2)OCCO3)n1. The van der Waals surface area contributed by atoms with Crippen LogP contribution in [0.25, 0.3) is 0 Å². The smallest absolute Gasteiger partial charge is 0.163 e. The topological polar surface area (TPSA) is 68.3 Å². The van der Waals surface area contributed by atoms with Crippen molar-refractivity contribution in [1.29, 1.82) is 0 Å². The second-order valence-electron chi connectivity index (χ2n) is 6.11. The summed E-state index contributed by atoms with van der Waals surface area (Å²) in [6.07, 6.45) is 0. The summed E-state index contributed by atoms with van der Waals surface area (Å²) in [6, 6.07) is 15.3. The minimum absolute atomic E-state index is 0.555. The van der Waals surface area contributed by atoms with Crippen LogP contribution in [0.15, 0.2) is 48.5 Å². The molecule has 2 N–H and O–H groups in total. The minimum atomic E-state index is 0.555. The second-order valence-corrected chi connectivity index (χ2v) is 6.52. The van der Waals surface area contributed by atoms with Gasteiger partial charge in [-0.3, -0.25) is 0 Å². The van der Waals surface area contributed by atoms with Gasteiger partial charge in [0.1, 0.15) is 30.7 Å². The van der Waals surface area contributed by atoms with Gasteiger partial charge in [0.25, 0.3) is 0 Å². The number of benzene rings is 2. The van der Waals surface area contributed by atoms with Gasteiger partial charge in [-0.05, 0) is 30.7 Å². The number of hydrogen-bond acceptors (Lipinski definition) is 6. The molecule has 0 spiro atoms. The summed E-state index contributed by atoms with van der Waals surface area (Å²) in [4.78, 5) is 8.89. The zero-order valence-electron chi connectivity index (χ0n) is 14.8. The van der Waals surface area contributed by atoms with Crippen molar-refractivity contribution in [2.45, 2.75) is 13.5 Å². The van der Waals surface area contributed by atoms with Crippen LogP contribution in [0.2, 0.25) is 5.02 Å². The maximum absolute atomic E-state index is 6.21. The van der Waals surface area contributed by atoms with Crippen molar-refractivity contribution < 1.29 is 9.47 Å². The molecule has 0 atom stereocenters. The van der Waals surface area contributed by atoms with E-state index in [1.165, 1.54) is 0 Å². The molecule has 1 aliphatic rings. The van der Waals surface area contributed by atoms with E-state index in [9.17, 15) is 0 Å². The summed E-state index contributed by atoms with van der Waals surface area (Å²) in [7, 11) is 0. The Morgan fingerprint density at radius 2 is 1.74 bits per heavy atom. The quantitative estimate of drug-likeness (QED) is 0.674. The maximum Gasteiger partial charge on any atom is 0.163 e. The van der Waals surface area contributed by atoms with E-state index in [1.54, 1.807) is 0 Å². The number of nitrogens with one attached hydrogen (secondary N) is 2. The molecule has 0 unspecified atom stereocenters. The molecule has 138 valence electrons. The van der Waals surface area contributed by atoms with Gasteiger partial charge in [0, 0.05) is 29.4 Å². The number of rotatable bonds is 5. The lowest BCUT2D eigenvalue weighted by atomic mass is 10.2. The molecule has 2 heterocycles. The van der Waals surface area contributed by atoms with Gasteiger partial charge in [-0.25, -0.2) is 9.97 Å². The van der Waals surface area contributed by atoms with E-state index in [-0.39, 0.29) is 0 Å². The predicted molar refractivity (Wildman–Crippen MR) is 106 cm³/mol. The zero-order chi connectivity index (χ0) is 18.6. The third-order valence-electron chi connectivity index (χ3n) is 4.07. The van der Waals surface area contributed by atoms with Gasteiger partial charge in [0.2, 0.25) is 0 Å². The molecular weight excluding hydrogens is 364 g/mol. The first-order chi connectivity index (χ1) is 13.2. The number of aryl methyl sites for hydroxylation is 1. The molecule has 0 saturated heterocycles. The number of fused-ring (bicyclic) bond motifs is 1. The summed E-state index contributed by atoms with van der Waals surface area (Å²) in [5.74, 6) is 3.57. The maximum atomic E-state index is 6.21. The van der Waals surface area contributed by atoms with Crippen LogP contribution in [0.5, 0.6) is 11.5 Å². The largest absolute Gasteiger partial charge is 0.486 e. The van der Waals surface area contributed by atoms with E-state index in [1.807, 2.05) is 55.5 Å². The second kappa shape index (κ2) is 7.72. The molecule has 0 aliphatic carbocycles. The van der Waals surface area contributed by atoms with Crippen molar-refractivity contribution >= 4 is 28.9 Å². The standard InChI is InChI=1S/C20H19ClN4O2/c1-13-23-19(22-12-14-4-2-3-5-16(14)21)11-20(24-13)25-15-6-7-17-18(10-15)27-9-8-26-17/h2-7,10-11H,8-9,12H2,1H3,(H2,22,23,24,25). The molecule has 3 aromatic rings. The van der Waals surface area contributed by atoms with Gasteiger partial charge in [-0.1, -0.05) is 29.8 Å². The molecule has 7 heteroatoms. The highest BCUT2D eigenvalue weighted by Gasteiger charge is 2.12. The molecule has 1 aliphatic heterocycles. The van der Waals surface area contributed by atoms with Gasteiger partial charge in [-0.15, -0.1) is 0 Å². The Morgan fingerprint density at radius 3 is 2.59 bits per heavy atom. The van der Waals surface area contributed by atoms with E-state index < -0.39 is 0 Å². The fourth-order valence-electron chi connectivity index (χ4n) is 2.82. The van der Waals surface area contributed by atoms with Gasteiger partial charge in [0.15, 0.2) is 11.5 Å². The van der Waals surface area contributed by atoms with Crippen molar-refractivity contribution in [2.75, 3.05) is 23.8 Å². The third kappa shape index (κ3) is 4.23. The monoisotopic (exact) mass is 382 g/mol. The van der Waals surface area contributed by atoms with Crippen LogP contribution in [0.3, 0.4) is 0 Å². The number of anilines is 3. The Hall–Kier alpha value is -2.99. The molecule has 27 heavy (non-hydrogen) atoms. The van der Waals surface area contributed by atoms with E-state index in [0.29, 0.717) is 31.4 Å². The van der Waals surface area contributed by atoms with Crippen molar-refractivity contribution in [3.63, 3.8) is 0 Å². The van der Waals surface area contributed by atoms with Crippen LogP contribution in [-0.2, 0) is 6.54 Å².